The van der Waals surface area contributed by atoms with Crippen molar-refractivity contribution in [2.75, 3.05) is 17.6 Å². The fourth-order valence-electron chi connectivity index (χ4n) is 2.37. The number of hydrogen-bond donors (Lipinski definition) is 2. The topological polar surface area (TPSA) is 104 Å². The zero-order valence-electron chi connectivity index (χ0n) is 14.4. The van der Waals surface area contributed by atoms with Gasteiger partial charge in [-0.1, -0.05) is 30.3 Å². The number of sulfonamides is 1. The van der Waals surface area contributed by atoms with Gasteiger partial charge in [-0.25, -0.2) is 8.42 Å². The van der Waals surface area contributed by atoms with Crippen molar-refractivity contribution in [3.8, 4) is 0 Å². The van der Waals surface area contributed by atoms with E-state index in [1.807, 2.05) is 0 Å². The lowest BCUT2D eigenvalue weighted by Crippen LogP contribution is -2.30. The van der Waals surface area contributed by atoms with Gasteiger partial charge in [0.15, 0.2) is 0 Å². The van der Waals surface area contributed by atoms with Crippen molar-refractivity contribution in [1.82, 2.24) is 5.32 Å². The van der Waals surface area contributed by atoms with E-state index >= 15 is 0 Å². The molecule has 0 aliphatic rings. The molecule has 0 heterocycles. The molecule has 0 radical (unpaired) electrons. The van der Waals surface area contributed by atoms with Crippen LogP contribution in [0.4, 0.5) is 5.69 Å². The number of rotatable bonds is 7. The van der Waals surface area contributed by atoms with Crippen molar-refractivity contribution >= 4 is 27.6 Å². The van der Waals surface area contributed by atoms with E-state index in [1.54, 1.807) is 30.3 Å². The van der Waals surface area contributed by atoms with Gasteiger partial charge in [0.05, 0.1) is 24.4 Å². The molecule has 0 spiro atoms. The standard InChI is InChI=1S/C18H20N2O5S/c1-20(26(2,24)25)15-10-8-14(9-11-15)18(23)19-16(12-17(21)22)13-6-4-3-5-7-13/h3-11,16H,12H2,1-2H3,(H,19,23)(H,21,22)/t16-/m0/s1. The molecular formula is C18H20N2O5S. The minimum atomic E-state index is -3.39. The molecule has 2 rings (SSSR count). The van der Waals surface area contributed by atoms with Crippen molar-refractivity contribution in [3.63, 3.8) is 0 Å². The average Bonchev–Trinajstić information content (AvgIpc) is 2.60. The molecule has 2 aromatic rings. The van der Waals surface area contributed by atoms with Gasteiger partial charge in [-0.2, -0.15) is 0 Å². The number of nitrogens with zero attached hydrogens (tertiary/aromatic N) is 1. The van der Waals surface area contributed by atoms with Crippen LogP contribution in [0.5, 0.6) is 0 Å². The molecule has 1 atom stereocenters. The highest BCUT2D eigenvalue weighted by Gasteiger charge is 2.19. The van der Waals surface area contributed by atoms with Crippen LogP contribution in [0.15, 0.2) is 54.6 Å². The molecule has 0 aliphatic carbocycles. The first-order chi connectivity index (χ1) is 12.2. The normalized spacial score (nSPS) is 12.2. The van der Waals surface area contributed by atoms with Gasteiger partial charge in [0.25, 0.3) is 5.91 Å². The van der Waals surface area contributed by atoms with Crippen LogP contribution in [0.1, 0.15) is 28.4 Å². The Kier molecular flexibility index (Phi) is 5.99. The number of nitrogens with one attached hydrogen (secondary N) is 1. The van der Waals surface area contributed by atoms with Crippen LogP contribution in [0.3, 0.4) is 0 Å². The van der Waals surface area contributed by atoms with Crippen molar-refractivity contribution < 1.29 is 23.1 Å². The Balaban J connectivity index is 2.18. The zero-order valence-corrected chi connectivity index (χ0v) is 15.2. The first-order valence-corrected chi connectivity index (χ1v) is 9.65. The molecule has 0 bridgehead atoms. The summed E-state index contributed by atoms with van der Waals surface area (Å²) >= 11 is 0. The molecule has 26 heavy (non-hydrogen) atoms. The Morgan fingerprint density at radius 3 is 2.15 bits per heavy atom. The summed E-state index contributed by atoms with van der Waals surface area (Å²) in [5.74, 6) is -1.46. The molecule has 2 N–H and O–H groups in total. The summed E-state index contributed by atoms with van der Waals surface area (Å²) in [6, 6.07) is 14.2. The molecule has 0 saturated carbocycles. The number of amides is 1. The van der Waals surface area contributed by atoms with E-state index in [4.69, 9.17) is 5.11 Å². The molecule has 1 amide bonds. The Labute approximate surface area is 152 Å². The van der Waals surface area contributed by atoms with Gasteiger partial charge in [0, 0.05) is 12.6 Å². The summed E-state index contributed by atoms with van der Waals surface area (Å²) in [5.41, 5.74) is 1.42. The third-order valence-corrected chi connectivity index (χ3v) is 5.08. The van der Waals surface area contributed by atoms with E-state index in [0.717, 1.165) is 10.6 Å². The van der Waals surface area contributed by atoms with Gasteiger partial charge >= 0.3 is 5.97 Å². The number of anilines is 1. The Hall–Kier alpha value is -2.87. The summed E-state index contributed by atoms with van der Waals surface area (Å²) in [5, 5.41) is 11.8. The van der Waals surface area contributed by atoms with Crippen molar-refractivity contribution in [2.24, 2.45) is 0 Å². The Bertz CT molecular complexity index is 880. The zero-order chi connectivity index (χ0) is 19.3. The SMILES string of the molecule is CN(c1ccc(C(=O)N[C@@H](CC(=O)O)c2ccccc2)cc1)S(C)(=O)=O. The van der Waals surface area contributed by atoms with Crippen LogP contribution in [0, 0.1) is 0 Å². The minimum absolute atomic E-state index is 0.245. The summed E-state index contributed by atoms with van der Waals surface area (Å²) in [6.07, 6.45) is 0.842. The lowest BCUT2D eigenvalue weighted by atomic mass is 10.0. The number of carboxylic acid groups (broad SMARTS) is 1. The van der Waals surface area contributed by atoms with Gasteiger partial charge in [0.2, 0.25) is 10.0 Å². The third-order valence-electron chi connectivity index (χ3n) is 3.88. The minimum Gasteiger partial charge on any atom is -0.481 e. The largest absolute Gasteiger partial charge is 0.481 e. The molecule has 0 aliphatic heterocycles. The highest BCUT2D eigenvalue weighted by atomic mass is 32.2. The van der Waals surface area contributed by atoms with E-state index in [9.17, 15) is 18.0 Å². The second kappa shape index (κ2) is 8.01. The molecule has 0 unspecified atom stereocenters. The van der Waals surface area contributed by atoms with Gasteiger partial charge in [-0.05, 0) is 29.8 Å². The fraction of sp³-hybridized carbons (Fsp3) is 0.222. The number of carboxylic acids is 1. The van der Waals surface area contributed by atoms with Gasteiger partial charge in [0.1, 0.15) is 0 Å². The number of carbonyl (C=O) groups is 2. The first kappa shape index (κ1) is 19.5. The van der Waals surface area contributed by atoms with Gasteiger partial charge < -0.3 is 10.4 Å². The summed E-state index contributed by atoms with van der Waals surface area (Å²) in [6.45, 7) is 0. The summed E-state index contributed by atoms with van der Waals surface area (Å²) < 4.78 is 24.2. The van der Waals surface area contributed by atoms with E-state index < -0.39 is 27.9 Å². The van der Waals surface area contributed by atoms with Crippen LogP contribution in [-0.4, -0.2) is 38.7 Å². The molecular weight excluding hydrogens is 356 g/mol. The molecule has 2 aromatic carbocycles. The van der Waals surface area contributed by atoms with Crippen molar-refractivity contribution in [2.45, 2.75) is 12.5 Å². The molecule has 0 fully saturated rings. The number of benzene rings is 2. The maximum Gasteiger partial charge on any atom is 0.305 e. The predicted molar refractivity (Wildman–Crippen MR) is 98.6 cm³/mol. The maximum absolute atomic E-state index is 12.5. The first-order valence-electron chi connectivity index (χ1n) is 7.80. The van der Waals surface area contributed by atoms with Gasteiger partial charge in [-0.3, -0.25) is 13.9 Å². The number of hydrogen-bond acceptors (Lipinski definition) is 4. The quantitative estimate of drug-likeness (QED) is 0.769. The average molecular weight is 376 g/mol. The van der Waals surface area contributed by atoms with Crippen molar-refractivity contribution in [3.05, 3.63) is 65.7 Å². The van der Waals surface area contributed by atoms with E-state index in [-0.39, 0.29) is 6.42 Å². The van der Waals surface area contributed by atoms with E-state index in [1.165, 1.54) is 31.3 Å². The highest BCUT2D eigenvalue weighted by Crippen LogP contribution is 2.19. The Morgan fingerprint density at radius 1 is 1.08 bits per heavy atom. The van der Waals surface area contributed by atoms with E-state index in [2.05, 4.69) is 5.32 Å². The predicted octanol–water partition coefficient (Wildman–Crippen LogP) is 2.03. The molecule has 8 heteroatoms. The van der Waals surface area contributed by atoms with Crippen molar-refractivity contribution in [1.29, 1.82) is 0 Å². The number of aliphatic carboxylic acids is 1. The smallest absolute Gasteiger partial charge is 0.305 e. The lowest BCUT2D eigenvalue weighted by Gasteiger charge is -2.19. The second-order valence-electron chi connectivity index (χ2n) is 5.81. The fourth-order valence-corrected chi connectivity index (χ4v) is 2.87. The molecule has 0 aromatic heterocycles. The Morgan fingerprint density at radius 2 is 1.65 bits per heavy atom. The van der Waals surface area contributed by atoms with Crippen LogP contribution >= 0.6 is 0 Å². The van der Waals surface area contributed by atoms with Gasteiger partial charge in [-0.15, -0.1) is 0 Å². The van der Waals surface area contributed by atoms with Crippen LogP contribution in [0.2, 0.25) is 0 Å². The third kappa shape index (κ3) is 5.06. The van der Waals surface area contributed by atoms with Crippen LogP contribution in [0.25, 0.3) is 0 Å². The van der Waals surface area contributed by atoms with Crippen LogP contribution in [-0.2, 0) is 14.8 Å². The monoisotopic (exact) mass is 376 g/mol. The second-order valence-corrected chi connectivity index (χ2v) is 7.83. The summed E-state index contributed by atoms with van der Waals surface area (Å²) in [4.78, 5) is 23.6. The molecule has 7 nitrogen and oxygen atoms in total. The molecule has 0 saturated heterocycles. The van der Waals surface area contributed by atoms with Crippen LogP contribution < -0.4 is 9.62 Å². The summed E-state index contributed by atoms with van der Waals surface area (Å²) in [7, 11) is -1.97. The maximum atomic E-state index is 12.5. The number of carbonyl (C=O) groups excluding carboxylic acids is 1. The highest BCUT2D eigenvalue weighted by molar-refractivity contribution is 7.92. The van der Waals surface area contributed by atoms with E-state index in [0.29, 0.717) is 16.8 Å². The molecule has 138 valence electrons. The lowest BCUT2D eigenvalue weighted by molar-refractivity contribution is -0.137.